The summed E-state index contributed by atoms with van der Waals surface area (Å²) in [4.78, 5) is 3.76. The smallest absolute Gasteiger partial charge is 0.225 e. The Morgan fingerprint density at radius 2 is 2.18 bits per heavy atom. The summed E-state index contributed by atoms with van der Waals surface area (Å²) < 4.78 is 4.50. The summed E-state index contributed by atoms with van der Waals surface area (Å²) in [5.74, 6) is 0. The lowest BCUT2D eigenvalue weighted by Crippen LogP contribution is -2.00. The third-order valence-corrected chi connectivity index (χ3v) is 1.19. The van der Waals surface area contributed by atoms with Gasteiger partial charge in [0.05, 0.1) is 0 Å². The predicted octanol–water partition coefficient (Wildman–Crippen LogP) is 0.696. The number of hydrogen-bond donors (Lipinski definition) is 2. The zero-order chi connectivity index (χ0) is 8.10. The van der Waals surface area contributed by atoms with E-state index >= 15 is 0 Å². The number of pyridine rings is 1. The highest BCUT2D eigenvalue weighted by molar-refractivity contribution is 5.41. The molecule has 0 bridgehead atoms. The molecule has 0 spiro atoms. The second-order valence-electron chi connectivity index (χ2n) is 1.89. The Labute approximate surface area is 64.0 Å². The zero-order valence-electron chi connectivity index (χ0n) is 5.77. The van der Waals surface area contributed by atoms with Crippen LogP contribution in [0.3, 0.4) is 0 Å². The van der Waals surface area contributed by atoms with E-state index in [0.29, 0.717) is 12.0 Å². The Morgan fingerprint density at radius 1 is 1.55 bits per heavy atom. The van der Waals surface area contributed by atoms with Crippen LogP contribution in [0.2, 0.25) is 0 Å². The Kier molecular flexibility index (Phi) is 2.57. The molecule has 4 heteroatoms. The zero-order valence-corrected chi connectivity index (χ0v) is 5.77. The Bertz CT molecular complexity index is 225. The van der Waals surface area contributed by atoms with E-state index in [-0.39, 0.29) is 0 Å². The molecule has 0 aliphatic carbocycles. The van der Waals surface area contributed by atoms with E-state index in [0.717, 1.165) is 0 Å². The highest BCUT2D eigenvalue weighted by atomic mass is 16.6. The largest absolute Gasteiger partial charge is 0.451 e. The minimum absolute atomic E-state index is 0.587. The van der Waals surface area contributed by atoms with Crippen LogP contribution in [-0.4, -0.2) is 16.5 Å². The number of ether oxygens (including phenoxy) is 1. The molecule has 0 saturated carbocycles. The SMILES string of the molecule is N=COC(O)c1ccncc1. The molecule has 0 aliphatic heterocycles. The van der Waals surface area contributed by atoms with E-state index in [1.165, 1.54) is 0 Å². The third-order valence-electron chi connectivity index (χ3n) is 1.19. The monoisotopic (exact) mass is 152 g/mol. The first-order chi connectivity index (χ1) is 5.34. The minimum atomic E-state index is -1.06. The van der Waals surface area contributed by atoms with Crippen LogP contribution < -0.4 is 0 Å². The van der Waals surface area contributed by atoms with Crippen molar-refractivity contribution in [3.05, 3.63) is 30.1 Å². The average molecular weight is 152 g/mol. The highest BCUT2D eigenvalue weighted by Gasteiger charge is 2.04. The molecule has 4 nitrogen and oxygen atoms in total. The van der Waals surface area contributed by atoms with Crippen molar-refractivity contribution in [2.24, 2.45) is 0 Å². The van der Waals surface area contributed by atoms with Crippen molar-refractivity contribution >= 4 is 6.40 Å². The molecule has 0 fully saturated rings. The average Bonchev–Trinajstić information content (AvgIpc) is 2.07. The summed E-state index contributed by atoms with van der Waals surface area (Å²) in [6.45, 7) is 0. The van der Waals surface area contributed by atoms with Gasteiger partial charge in [-0.25, -0.2) is 0 Å². The number of hydrogen-bond acceptors (Lipinski definition) is 4. The minimum Gasteiger partial charge on any atom is -0.451 e. The normalized spacial score (nSPS) is 12.1. The fourth-order valence-corrected chi connectivity index (χ4v) is 0.671. The van der Waals surface area contributed by atoms with Gasteiger partial charge in [0.2, 0.25) is 6.29 Å². The lowest BCUT2D eigenvalue weighted by atomic mass is 10.3. The van der Waals surface area contributed by atoms with E-state index in [9.17, 15) is 0 Å². The van der Waals surface area contributed by atoms with Gasteiger partial charge in [-0.3, -0.25) is 10.4 Å². The van der Waals surface area contributed by atoms with E-state index in [1.54, 1.807) is 24.5 Å². The van der Waals surface area contributed by atoms with Crippen molar-refractivity contribution in [3.8, 4) is 0 Å². The van der Waals surface area contributed by atoms with Crippen molar-refractivity contribution in [1.29, 1.82) is 5.41 Å². The predicted molar refractivity (Wildman–Crippen MR) is 39.1 cm³/mol. The number of nitrogens with zero attached hydrogens (tertiary/aromatic N) is 1. The third kappa shape index (κ3) is 2.01. The van der Waals surface area contributed by atoms with Gasteiger partial charge in [-0.1, -0.05) is 0 Å². The summed E-state index contributed by atoms with van der Waals surface area (Å²) in [6.07, 6.45) is 2.73. The van der Waals surface area contributed by atoms with Gasteiger partial charge in [-0.05, 0) is 12.1 Å². The molecule has 1 rings (SSSR count). The van der Waals surface area contributed by atoms with Gasteiger partial charge in [-0.2, -0.15) is 0 Å². The van der Waals surface area contributed by atoms with Gasteiger partial charge in [0.25, 0.3) is 0 Å². The summed E-state index contributed by atoms with van der Waals surface area (Å²) in [7, 11) is 0. The lowest BCUT2D eigenvalue weighted by molar-refractivity contribution is -0.0252. The van der Waals surface area contributed by atoms with Gasteiger partial charge in [0.1, 0.15) is 0 Å². The Morgan fingerprint density at radius 3 is 2.73 bits per heavy atom. The first kappa shape index (κ1) is 7.68. The molecule has 11 heavy (non-hydrogen) atoms. The lowest BCUT2D eigenvalue weighted by Gasteiger charge is -2.07. The van der Waals surface area contributed by atoms with Crippen molar-refractivity contribution in [2.75, 3.05) is 0 Å². The standard InChI is InChI=1S/C7H8N2O2/c8-5-11-7(10)6-1-3-9-4-2-6/h1-5,7-8,10H. The van der Waals surface area contributed by atoms with Crippen LogP contribution in [0.15, 0.2) is 24.5 Å². The molecule has 1 aromatic heterocycles. The van der Waals surface area contributed by atoms with Crippen molar-refractivity contribution in [1.82, 2.24) is 4.98 Å². The number of aliphatic hydroxyl groups excluding tert-OH is 1. The van der Waals surface area contributed by atoms with E-state index < -0.39 is 6.29 Å². The van der Waals surface area contributed by atoms with E-state index in [2.05, 4.69) is 9.72 Å². The molecular weight excluding hydrogens is 144 g/mol. The first-order valence-electron chi connectivity index (χ1n) is 3.07. The van der Waals surface area contributed by atoms with Crippen LogP contribution in [0.25, 0.3) is 0 Å². The molecular formula is C7H8N2O2. The maximum atomic E-state index is 9.12. The van der Waals surface area contributed by atoms with Gasteiger partial charge in [-0.15, -0.1) is 0 Å². The van der Waals surface area contributed by atoms with E-state index in [1.807, 2.05) is 0 Å². The van der Waals surface area contributed by atoms with E-state index in [4.69, 9.17) is 10.5 Å². The van der Waals surface area contributed by atoms with Gasteiger partial charge >= 0.3 is 0 Å². The summed E-state index contributed by atoms with van der Waals surface area (Å²) >= 11 is 0. The maximum Gasteiger partial charge on any atom is 0.225 e. The van der Waals surface area contributed by atoms with Crippen LogP contribution in [0.4, 0.5) is 0 Å². The maximum absolute atomic E-state index is 9.12. The molecule has 0 radical (unpaired) electrons. The number of rotatable bonds is 3. The van der Waals surface area contributed by atoms with Gasteiger partial charge < -0.3 is 9.84 Å². The van der Waals surface area contributed by atoms with Crippen LogP contribution >= 0.6 is 0 Å². The molecule has 1 atom stereocenters. The quantitative estimate of drug-likeness (QED) is 0.380. The van der Waals surface area contributed by atoms with Crippen LogP contribution in [-0.2, 0) is 4.74 Å². The van der Waals surface area contributed by atoms with Crippen LogP contribution in [0, 0.1) is 5.41 Å². The number of nitrogens with one attached hydrogen (secondary N) is 1. The molecule has 0 saturated heterocycles. The first-order valence-corrected chi connectivity index (χ1v) is 3.07. The second kappa shape index (κ2) is 3.68. The molecule has 1 aromatic rings. The fourth-order valence-electron chi connectivity index (χ4n) is 0.671. The van der Waals surface area contributed by atoms with Crippen molar-refractivity contribution in [2.45, 2.75) is 6.29 Å². The van der Waals surface area contributed by atoms with Gasteiger partial charge in [0, 0.05) is 18.0 Å². The molecule has 58 valence electrons. The summed E-state index contributed by atoms with van der Waals surface area (Å²) in [6, 6.07) is 3.24. The summed E-state index contributed by atoms with van der Waals surface area (Å²) in [5, 5.41) is 15.7. The molecule has 0 aromatic carbocycles. The number of aliphatic hydroxyl groups is 1. The Balaban J connectivity index is 2.68. The van der Waals surface area contributed by atoms with Crippen LogP contribution in [0.5, 0.6) is 0 Å². The highest BCUT2D eigenvalue weighted by Crippen LogP contribution is 2.10. The Hall–Kier alpha value is -1.42. The van der Waals surface area contributed by atoms with Crippen molar-refractivity contribution in [3.63, 3.8) is 0 Å². The van der Waals surface area contributed by atoms with Crippen molar-refractivity contribution < 1.29 is 9.84 Å². The molecule has 1 heterocycles. The van der Waals surface area contributed by atoms with Gasteiger partial charge in [0.15, 0.2) is 6.40 Å². The molecule has 0 aliphatic rings. The second-order valence-corrected chi connectivity index (χ2v) is 1.89. The molecule has 2 N–H and O–H groups in total. The summed E-state index contributed by atoms with van der Waals surface area (Å²) in [5.41, 5.74) is 0.587. The fraction of sp³-hybridized carbons (Fsp3) is 0.143. The molecule has 0 amide bonds. The number of aromatic nitrogens is 1. The molecule has 1 unspecified atom stereocenters. The van der Waals surface area contributed by atoms with Crippen LogP contribution in [0.1, 0.15) is 11.9 Å². The topological polar surface area (TPSA) is 66.2 Å².